The molecule has 114 valence electrons. The molecule has 2 aliphatic rings. The highest BCUT2D eigenvalue weighted by Gasteiger charge is 2.36. The van der Waals surface area contributed by atoms with Crippen molar-refractivity contribution in [3.63, 3.8) is 0 Å². The van der Waals surface area contributed by atoms with Crippen LogP contribution in [0.15, 0.2) is 18.2 Å². The molecule has 0 N–H and O–H groups in total. The average Bonchev–Trinajstić information content (AvgIpc) is 3.02. The van der Waals surface area contributed by atoms with Gasteiger partial charge in [-0.3, -0.25) is 9.48 Å². The number of fused-ring (bicyclic) bond motifs is 2. The molecular formula is C17H18N2O3. The van der Waals surface area contributed by atoms with E-state index in [1.807, 2.05) is 29.9 Å². The van der Waals surface area contributed by atoms with Crippen molar-refractivity contribution in [1.29, 1.82) is 0 Å². The Morgan fingerprint density at radius 3 is 2.77 bits per heavy atom. The van der Waals surface area contributed by atoms with E-state index in [4.69, 9.17) is 9.47 Å². The molecule has 0 amide bonds. The molecule has 22 heavy (non-hydrogen) atoms. The van der Waals surface area contributed by atoms with Gasteiger partial charge in [-0.1, -0.05) is 13.8 Å². The van der Waals surface area contributed by atoms with Crippen molar-refractivity contribution in [2.75, 3.05) is 6.79 Å². The number of Topliss-reactive ketones (excluding diaryl/α,β-unsaturated/α-hetero) is 1. The largest absolute Gasteiger partial charge is 0.454 e. The van der Waals surface area contributed by atoms with Crippen LogP contribution in [0.3, 0.4) is 0 Å². The van der Waals surface area contributed by atoms with Gasteiger partial charge in [0.1, 0.15) is 5.69 Å². The number of ketones is 1. The van der Waals surface area contributed by atoms with Crippen molar-refractivity contribution in [2.45, 2.75) is 26.7 Å². The van der Waals surface area contributed by atoms with E-state index in [9.17, 15) is 4.79 Å². The van der Waals surface area contributed by atoms with E-state index >= 15 is 0 Å². The molecule has 0 fully saturated rings. The SMILES string of the molecule is Cn1nc(-c2ccc3c(c2)OCO3)c2c1CC(C)(C)CC2=O. The molecular weight excluding hydrogens is 280 g/mol. The van der Waals surface area contributed by atoms with Gasteiger partial charge in [-0.2, -0.15) is 5.10 Å². The van der Waals surface area contributed by atoms with Gasteiger partial charge in [0.25, 0.3) is 0 Å². The number of carbonyl (C=O) groups is 1. The van der Waals surface area contributed by atoms with Gasteiger partial charge in [0.15, 0.2) is 17.3 Å². The highest BCUT2D eigenvalue weighted by atomic mass is 16.7. The van der Waals surface area contributed by atoms with Crippen LogP contribution in [-0.4, -0.2) is 22.4 Å². The van der Waals surface area contributed by atoms with Gasteiger partial charge in [-0.15, -0.1) is 0 Å². The second-order valence-electron chi connectivity index (χ2n) is 6.80. The first-order chi connectivity index (χ1) is 10.4. The van der Waals surface area contributed by atoms with Crippen LogP contribution >= 0.6 is 0 Å². The van der Waals surface area contributed by atoms with Crippen molar-refractivity contribution in [3.05, 3.63) is 29.5 Å². The number of hydrogen-bond donors (Lipinski definition) is 0. The van der Waals surface area contributed by atoms with Gasteiger partial charge in [0.05, 0.1) is 11.3 Å². The Morgan fingerprint density at radius 2 is 1.95 bits per heavy atom. The predicted octanol–water partition coefficient (Wildman–Crippen LogP) is 2.97. The first-order valence-electron chi connectivity index (χ1n) is 7.44. The third-order valence-corrected chi connectivity index (χ3v) is 4.38. The van der Waals surface area contributed by atoms with Gasteiger partial charge in [0, 0.05) is 19.0 Å². The third kappa shape index (κ3) is 1.92. The average molecular weight is 298 g/mol. The highest BCUT2D eigenvalue weighted by molar-refractivity contribution is 6.04. The van der Waals surface area contributed by atoms with Crippen LogP contribution in [0.1, 0.15) is 36.3 Å². The fourth-order valence-electron chi connectivity index (χ4n) is 3.34. The molecule has 5 nitrogen and oxygen atoms in total. The minimum Gasteiger partial charge on any atom is -0.454 e. The summed E-state index contributed by atoms with van der Waals surface area (Å²) in [4.78, 5) is 12.6. The molecule has 0 spiro atoms. The lowest BCUT2D eigenvalue weighted by atomic mass is 9.75. The van der Waals surface area contributed by atoms with E-state index < -0.39 is 0 Å². The topological polar surface area (TPSA) is 53.4 Å². The number of rotatable bonds is 1. The summed E-state index contributed by atoms with van der Waals surface area (Å²) in [5.41, 5.74) is 3.42. The lowest BCUT2D eigenvalue weighted by molar-refractivity contribution is 0.0911. The van der Waals surface area contributed by atoms with E-state index in [1.165, 1.54) is 0 Å². The Kier molecular flexibility index (Phi) is 2.64. The molecule has 2 aromatic rings. The normalized spacial score (nSPS) is 18.4. The predicted molar refractivity (Wildman–Crippen MR) is 81.2 cm³/mol. The molecule has 0 radical (unpaired) electrons. The van der Waals surface area contributed by atoms with Gasteiger partial charge in [0.2, 0.25) is 6.79 Å². The quantitative estimate of drug-likeness (QED) is 0.812. The zero-order valence-electron chi connectivity index (χ0n) is 13.0. The van der Waals surface area contributed by atoms with Gasteiger partial charge >= 0.3 is 0 Å². The third-order valence-electron chi connectivity index (χ3n) is 4.38. The number of aromatic nitrogens is 2. The summed E-state index contributed by atoms with van der Waals surface area (Å²) in [5.74, 6) is 1.62. The molecule has 5 heteroatoms. The molecule has 0 bridgehead atoms. The van der Waals surface area contributed by atoms with Crippen LogP contribution in [0.25, 0.3) is 11.3 Å². The fraction of sp³-hybridized carbons (Fsp3) is 0.412. The second-order valence-corrected chi connectivity index (χ2v) is 6.80. The Balaban J connectivity index is 1.86. The fourth-order valence-corrected chi connectivity index (χ4v) is 3.34. The molecule has 1 aromatic heterocycles. The molecule has 1 aliphatic heterocycles. The number of benzene rings is 1. The number of carbonyl (C=O) groups excluding carboxylic acids is 1. The van der Waals surface area contributed by atoms with E-state index in [1.54, 1.807) is 0 Å². The maximum Gasteiger partial charge on any atom is 0.231 e. The summed E-state index contributed by atoms with van der Waals surface area (Å²) in [6, 6.07) is 5.71. The Labute approximate surface area is 128 Å². The van der Waals surface area contributed by atoms with Crippen LogP contribution in [0.4, 0.5) is 0 Å². The van der Waals surface area contributed by atoms with Crippen molar-refractivity contribution in [2.24, 2.45) is 12.5 Å². The zero-order chi connectivity index (χ0) is 15.5. The van der Waals surface area contributed by atoms with Crippen LogP contribution in [0, 0.1) is 5.41 Å². The van der Waals surface area contributed by atoms with Crippen LogP contribution in [0.5, 0.6) is 11.5 Å². The summed E-state index contributed by atoms with van der Waals surface area (Å²) in [6.45, 7) is 4.49. The van der Waals surface area contributed by atoms with Crippen molar-refractivity contribution < 1.29 is 14.3 Å². The maximum absolute atomic E-state index is 12.6. The number of hydrogen-bond acceptors (Lipinski definition) is 4. The van der Waals surface area contributed by atoms with Crippen LogP contribution in [0.2, 0.25) is 0 Å². The second kappa shape index (κ2) is 4.35. The summed E-state index contributed by atoms with van der Waals surface area (Å²) in [6.07, 6.45) is 1.42. The van der Waals surface area contributed by atoms with E-state index in [0.29, 0.717) is 12.2 Å². The number of ether oxygens (including phenoxy) is 2. The molecule has 4 rings (SSSR count). The Morgan fingerprint density at radius 1 is 1.18 bits per heavy atom. The first kappa shape index (κ1) is 13.4. The number of nitrogens with zero attached hydrogens (tertiary/aromatic N) is 2. The Hall–Kier alpha value is -2.30. The monoisotopic (exact) mass is 298 g/mol. The van der Waals surface area contributed by atoms with Crippen molar-refractivity contribution in [1.82, 2.24) is 9.78 Å². The standard InChI is InChI=1S/C17H18N2O3/c1-17(2)7-11-15(12(20)8-17)16(18-19(11)3)10-4-5-13-14(6-10)22-9-21-13/h4-6H,7-9H2,1-3H3. The van der Waals surface area contributed by atoms with Crippen LogP contribution in [-0.2, 0) is 13.5 Å². The van der Waals surface area contributed by atoms with Gasteiger partial charge in [-0.05, 0) is 30.0 Å². The van der Waals surface area contributed by atoms with Gasteiger partial charge < -0.3 is 9.47 Å². The minimum absolute atomic E-state index is 0.00989. The maximum atomic E-state index is 12.6. The molecule has 0 unspecified atom stereocenters. The van der Waals surface area contributed by atoms with E-state index in [-0.39, 0.29) is 18.0 Å². The van der Waals surface area contributed by atoms with E-state index in [2.05, 4.69) is 18.9 Å². The molecule has 1 aliphatic carbocycles. The first-order valence-corrected chi connectivity index (χ1v) is 7.44. The molecule has 1 aromatic carbocycles. The van der Waals surface area contributed by atoms with E-state index in [0.717, 1.165) is 34.7 Å². The van der Waals surface area contributed by atoms with Crippen LogP contribution < -0.4 is 9.47 Å². The minimum atomic E-state index is -0.00989. The summed E-state index contributed by atoms with van der Waals surface area (Å²) < 4.78 is 12.6. The molecule has 0 saturated carbocycles. The number of aryl methyl sites for hydroxylation is 1. The lowest BCUT2D eigenvalue weighted by Crippen LogP contribution is -2.27. The highest BCUT2D eigenvalue weighted by Crippen LogP contribution is 2.41. The summed E-state index contributed by atoms with van der Waals surface area (Å²) >= 11 is 0. The Bertz CT molecular complexity index is 789. The van der Waals surface area contributed by atoms with Gasteiger partial charge in [-0.25, -0.2) is 0 Å². The molecule has 0 saturated heterocycles. The van der Waals surface area contributed by atoms with Crippen molar-refractivity contribution in [3.8, 4) is 22.8 Å². The zero-order valence-corrected chi connectivity index (χ0v) is 13.0. The molecule has 2 heterocycles. The summed E-state index contributed by atoms with van der Waals surface area (Å²) in [7, 11) is 1.91. The lowest BCUT2D eigenvalue weighted by Gasteiger charge is -2.28. The smallest absolute Gasteiger partial charge is 0.231 e. The summed E-state index contributed by atoms with van der Waals surface area (Å²) in [5, 5.41) is 4.60. The molecule has 0 atom stereocenters. The van der Waals surface area contributed by atoms with Crippen molar-refractivity contribution >= 4 is 5.78 Å².